The minimum atomic E-state index is -0.197. The Kier molecular flexibility index (Phi) is 7.68. The first-order valence-electron chi connectivity index (χ1n) is 12.9. The summed E-state index contributed by atoms with van der Waals surface area (Å²) in [5.41, 5.74) is 3.96. The summed E-state index contributed by atoms with van der Waals surface area (Å²) >= 11 is 0. The lowest BCUT2D eigenvalue weighted by Crippen LogP contribution is -2.47. The molecule has 6 nitrogen and oxygen atoms in total. The molecule has 1 unspecified atom stereocenters. The maximum absolute atomic E-state index is 13.4. The second kappa shape index (κ2) is 11.3. The Morgan fingerprint density at radius 2 is 1.67 bits per heavy atom. The SMILES string of the molecule is Cn1ccc2c1C(OCc1ccccc1)CCN(CCCN1CCN(c3ccc(F)cc3)CC1)C2=O. The first kappa shape index (κ1) is 24.5. The van der Waals surface area contributed by atoms with Crippen LogP contribution in [-0.4, -0.2) is 66.1 Å². The Hall–Kier alpha value is -3.16. The number of rotatable bonds is 8. The van der Waals surface area contributed by atoms with Gasteiger partial charge >= 0.3 is 0 Å². The number of benzene rings is 2. The van der Waals surface area contributed by atoms with Crippen LogP contribution >= 0.6 is 0 Å². The van der Waals surface area contributed by atoms with Gasteiger partial charge in [-0.2, -0.15) is 0 Å². The molecule has 2 aliphatic rings. The van der Waals surface area contributed by atoms with Crippen molar-refractivity contribution in [1.82, 2.24) is 14.4 Å². The molecule has 1 atom stereocenters. The van der Waals surface area contributed by atoms with Gasteiger partial charge in [-0.1, -0.05) is 30.3 Å². The summed E-state index contributed by atoms with van der Waals surface area (Å²) in [5, 5.41) is 0. The summed E-state index contributed by atoms with van der Waals surface area (Å²) in [6.45, 7) is 6.77. The van der Waals surface area contributed by atoms with Crippen LogP contribution in [0.4, 0.5) is 10.1 Å². The molecule has 1 amide bonds. The smallest absolute Gasteiger partial charge is 0.255 e. The van der Waals surface area contributed by atoms with Gasteiger partial charge in [0.1, 0.15) is 11.9 Å². The first-order valence-corrected chi connectivity index (χ1v) is 12.9. The number of nitrogens with zero attached hydrogens (tertiary/aromatic N) is 4. The fourth-order valence-corrected chi connectivity index (χ4v) is 5.32. The van der Waals surface area contributed by atoms with Gasteiger partial charge < -0.3 is 19.1 Å². The monoisotopic (exact) mass is 490 g/mol. The molecule has 3 aromatic rings. The second-order valence-electron chi connectivity index (χ2n) is 9.75. The Morgan fingerprint density at radius 3 is 2.42 bits per heavy atom. The van der Waals surface area contributed by atoms with E-state index in [1.807, 2.05) is 59.1 Å². The number of halogens is 1. The highest BCUT2D eigenvalue weighted by Crippen LogP contribution is 2.31. The second-order valence-corrected chi connectivity index (χ2v) is 9.75. The number of carbonyl (C=O) groups excluding carboxylic acids is 1. The molecule has 190 valence electrons. The first-order chi connectivity index (χ1) is 17.6. The highest BCUT2D eigenvalue weighted by Gasteiger charge is 2.31. The van der Waals surface area contributed by atoms with Gasteiger partial charge in [-0.25, -0.2) is 4.39 Å². The van der Waals surface area contributed by atoms with Crippen molar-refractivity contribution in [3.63, 3.8) is 0 Å². The third-order valence-electron chi connectivity index (χ3n) is 7.37. The van der Waals surface area contributed by atoms with E-state index in [1.165, 1.54) is 12.1 Å². The minimum Gasteiger partial charge on any atom is -0.369 e. The van der Waals surface area contributed by atoms with E-state index < -0.39 is 0 Å². The summed E-state index contributed by atoms with van der Waals surface area (Å²) in [4.78, 5) is 20.2. The molecule has 5 rings (SSSR count). The zero-order valence-corrected chi connectivity index (χ0v) is 21.0. The number of fused-ring (bicyclic) bond motifs is 1. The number of hydrogen-bond acceptors (Lipinski definition) is 4. The van der Waals surface area contributed by atoms with Gasteiger partial charge in [0.25, 0.3) is 5.91 Å². The predicted octanol–water partition coefficient (Wildman–Crippen LogP) is 4.48. The molecule has 2 aliphatic heterocycles. The molecule has 1 aromatic heterocycles. The van der Waals surface area contributed by atoms with Crippen molar-refractivity contribution in [3.8, 4) is 0 Å². The van der Waals surface area contributed by atoms with Crippen molar-refractivity contribution < 1.29 is 13.9 Å². The number of amides is 1. The van der Waals surface area contributed by atoms with Gasteiger partial charge in [0.05, 0.1) is 17.9 Å². The molecule has 0 spiro atoms. The summed E-state index contributed by atoms with van der Waals surface area (Å²) in [7, 11) is 1.99. The molecule has 1 fully saturated rings. The van der Waals surface area contributed by atoms with E-state index in [0.29, 0.717) is 13.2 Å². The molecule has 0 N–H and O–H groups in total. The molecule has 0 aliphatic carbocycles. The van der Waals surface area contributed by atoms with Crippen LogP contribution in [0.3, 0.4) is 0 Å². The molecule has 3 heterocycles. The fourth-order valence-electron chi connectivity index (χ4n) is 5.32. The van der Waals surface area contributed by atoms with E-state index in [2.05, 4.69) is 21.9 Å². The summed E-state index contributed by atoms with van der Waals surface area (Å²) in [5.74, 6) is -0.0883. The number of carbonyl (C=O) groups is 1. The lowest BCUT2D eigenvalue weighted by Gasteiger charge is -2.36. The molecular weight excluding hydrogens is 455 g/mol. The number of piperazine rings is 1. The zero-order valence-electron chi connectivity index (χ0n) is 21.0. The van der Waals surface area contributed by atoms with Crippen molar-refractivity contribution >= 4 is 11.6 Å². The highest BCUT2D eigenvalue weighted by molar-refractivity contribution is 5.96. The Bertz CT molecular complexity index is 1140. The molecule has 36 heavy (non-hydrogen) atoms. The van der Waals surface area contributed by atoms with Crippen LogP contribution < -0.4 is 4.90 Å². The molecule has 2 aromatic carbocycles. The molecule has 1 saturated heterocycles. The van der Waals surface area contributed by atoms with Crippen LogP contribution in [-0.2, 0) is 18.4 Å². The average molecular weight is 491 g/mol. The Balaban J connectivity index is 1.13. The van der Waals surface area contributed by atoms with Gasteiger partial charge in [-0.15, -0.1) is 0 Å². The zero-order chi connectivity index (χ0) is 24.9. The molecule has 0 bridgehead atoms. The maximum Gasteiger partial charge on any atom is 0.255 e. The molecule has 0 radical (unpaired) electrons. The van der Waals surface area contributed by atoms with Gasteiger partial charge in [0.15, 0.2) is 0 Å². The molecule has 7 heteroatoms. The Morgan fingerprint density at radius 1 is 0.917 bits per heavy atom. The fraction of sp³-hybridized carbons (Fsp3) is 0.414. The van der Waals surface area contributed by atoms with Crippen LogP contribution in [0.1, 0.15) is 40.6 Å². The Labute approximate surface area is 212 Å². The van der Waals surface area contributed by atoms with E-state index in [1.54, 1.807) is 0 Å². The standard InChI is InChI=1S/C29H35FN4O2/c1-31-16-12-26-28(31)27(36-22-23-6-3-2-4-7-23)13-17-34(29(26)35)15-5-14-32-18-20-33(21-19-32)25-10-8-24(30)9-11-25/h2-4,6-12,16,27H,5,13-15,17-22H2,1H3. The van der Waals surface area contributed by atoms with Gasteiger partial charge in [-0.05, 0) is 55.3 Å². The quantitative estimate of drug-likeness (QED) is 0.467. The number of aromatic nitrogens is 1. The largest absolute Gasteiger partial charge is 0.369 e. The van der Waals surface area contributed by atoms with Crippen LogP contribution in [0.15, 0.2) is 66.9 Å². The normalized spacial score (nSPS) is 18.8. The van der Waals surface area contributed by atoms with Gasteiger partial charge in [-0.3, -0.25) is 9.69 Å². The van der Waals surface area contributed by atoms with Crippen LogP contribution in [0.25, 0.3) is 0 Å². The highest BCUT2D eigenvalue weighted by atomic mass is 19.1. The summed E-state index contributed by atoms with van der Waals surface area (Å²) in [6, 6.07) is 18.9. The maximum atomic E-state index is 13.4. The van der Waals surface area contributed by atoms with E-state index in [4.69, 9.17) is 4.74 Å². The number of aryl methyl sites for hydroxylation is 1. The molecular formula is C29H35FN4O2. The van der Waals surface area contributed by atoms with Crippen LogP contribution in [0, 0.1) is 5.82 Å². The number of ether oxygens (including phenoxy) is 1. The van der Waals surface area contributed by atoms with Crippen LogP contribution in [0.2, 0.25) is 0 Å². The van der Waals surface area contributed by atoms with Crippen molar-refractivity contribution in [3.05, 3.63) is 89.5 Å². The lowest BCUT2D eigenvalue weighted by molar-refractivity contribution is 0.0261. The third kappa shape index (κ3) is 5.63. The number of hydrogen-bond donors (Lipinski definition) is 0. The van der Waals surface area contributed by atoms with Gasteiger partial charge in [0, 0.05) is 58.2 Å². The third-order valence-corrected chi connectivity index (χ3v) is 7.37. The van der Waals surface area contributed by atoms with E-state index in [-0.39, 0.29) is 17.8 Å². The summed E-state index contributed by atoms with van der Waals surface area (Å²) < 4.78 is 21.6. The van der Waals surface area contributed by atoms with E-state index in [0.717, 1.165) is 74.6 Å². The van der Waals surface area contributed by atoms with Crippen molar-refractivity contribution in [2.45, 2.75) is 25.6 Å². The topological polar surface area (TPSA) is 41.0 Å². The van der Waals surface area contributed by atoms with Crippen molar-refractivity contribution in [2.75, 3.05) is 50.7 Å². The van der Waals surface area contributed by atoms with Crippen molar-refractivity contribution in [2.24, 2.45) is 7.05 Å². The predicted molar refractivity (Wildman–Crippen MR) is 140 cm³/mol. The minimum absolute atomic E-state index is 0.103. The van der Waals surface area contributed by atoms with Gasteiger partial charge in [0.2, 0.25) is 0 Å². The lowest BCUT2D eigenvalue weighted by atomic mass is 10.1. The summed E-state index contributed by atoms with van der Waals surface area (Å²) in [6.07, 6.45) is 3.60. The van der Waals surface area contributed by atoms with Crippen molar-refractivity contribution in [1.29, 1.82) is 0 Å². The number of anilines is 1. The van der Waals surface area contributed by atoms with E-state index in [9.17, 15) is 9.18 Å². The van der Waals surface area contributed by atoms with Crippen LogP contribution in [0.5, 0.6) is 0 Å². The average Bonchev–Trinajstić information content (AvgIpc) is 3.23. The van der Waals surface area contributed by atoms with E-state index >= 15 is 0 Å². The molecule has 0 saturated carbocycles.